The molecule has 0 unspecified atom stereocenters. The zero-order valence-corrected chi connectivity index (χ0v) is 21.4. The van der Waals surface area contributed by atoms with Gasteiger partial charge in [0.05, 0.1) is 5.75 Å². The molecule has 36 heavy (non-hydrogen) atoms. The van der Waals surface area contributed by atoms with E-state index in [-0.39, 0.29) is 16.2 Å². The minimum absolute atomic E-state index is 0.230. The number of ether oxygens (including phenoxy) is 1. The van der Waals surface area contributed by atoms with E-state index in [1.165, 1.54) is 18.2 Å². The van der Waals surface area contributed by atoms with Crippen LogP contribution in [0.3, 0.4) is 0 Å². The fourth-order valence-corrected chi connectivity index (χ4v) is 5.23. The van der Waals surface area contributed by atoms with Gasteiger partial charge in [0.15, 0.2) is 9.84 Å². The van der Waals surface area contributed by atoms with Gasteiger partial charge in [-0.3, -0.25) is 4.79 Å². The summed E-state index contributed by atoms with van der Waals surface area (Å²) >= 11 is 11.9. The number of Topliss-reactive ketones (excluding diaryl/α,β-unsaturated/α-hetero) is 1. The smallest absolute Gasteiger partial charge is 0.204 e. The summed E-state index contributed by atoms with van der Waals surface area (Å²) in [5.41, 5.74) is 2.34. The molecule has 0 heterocycles. The van der Waals surface area contributed by atoms with Crippen LogP contribution in [-0.2, 0) is 22.2 Å². The van der Waals surface area contributed by atoms with Gasteiger partial charge in [0.25, 0.3) is 0 Å². The maximum Gasteiger partial charge on any atom is 0.204 e. The molecule has 0 radical (unpaired) electrons. The largest absolute Gasteiger partial charge is 0.489 e. The van der Waals surface area contributed by atoms with Crippen molar-refractivity contribution >= 4 is 44.9 Å². The predicted octanol–water partition coefficient (Wildman–Crippen LogP) is 7.41. The normalized spacial score (nSPS) is 11.8. The van der Waals surface area contributed by atoms with Gasteiger partial charge in [-0.1, -0.05) is 77.8 Å². The number of allylic oxidation sites excluding steroid dienone is 1. The summed E-state index contributed by atoms with van der Waals surface area (Å²) < 4.78 is 32.7. The standard InChI is InChI=1S/C29H22Cl2O4S/c30-25-12-6-23(7-13-25)20-36(33,34)28(29(32)24-10-14-26(31)15-11-24)18-21-8-16-27(17-9-21)35-19-22-4-2-1-3-5-22/h1-18H,19-20H2/b28-18-. The number of hydrogen-bond donors (Lipinski definition) is 0. The van der Waals surface area contributed by atoms with E-state index in [2.05, 4.69) is 0 Å². The summed E-state index contributed by atoms with van der Waals surface area (Å²) in [6.45, 7) is 0.409. The fourth-order valence-electron chi connectivity index (χ4n) is 3.47. The first-order chi connectivity index (χ1) is 17.3. The van der Waals surface area contributed by atoms with Crippen molar-refractivity contribution < 1.29 is 17.9 Å². The lowest BCUT2D eigenvalue weighted by Crippen LogP contribution is -2.16. The Bertz CT molecular complexity index is 1460. The van der Waals surface area contributed by atoms with Gasteiger partial charge in [0.2, 0.25) is 5.78 Å². The van der Waals surface area contributed by atoms with Crippen LogP contribution in [0.2, 0.25) is 10.0 Å². The Morgan fingerprint density at radius 3 is 1.92 bits per heavy atom. The van der Waals surface area contributed by atoms with E-state index in [0.29, 0.717) is 33.5 Å². The van der Waals surface area contributed by atoms with E-state index >= 15 is 0 Å². The fraction of sp³-hybridized carbons (Fsp3) is 0.0690. The lowest BCUT2D eigenvalue weighted by molar-refractivity contribution is 0.104. The summed E-state index contributed by atoms with van der Waals surface area (Å²) in [6.07, 6.45) is 1.39. The molecule has 0 atom stereocenters. The Balaban J connectivity index is 1.63. The first-order valence-corrected chi connectivity index (χ1v) is 13.5. The Hall–Kier alpha value is -3.38. The van der Waals surface area contributed by atoms with Gasteiger partial charge in [0, 0.05) is 15.6 Å². The van der Waals surface area contributed by atoms with Crippen LogP contribution in [0.1, 0.15) is 27.0 Å². The molecule has 0 amide bonds. The van der Waals surface area contributed by atoms with Gasteiger partial charge in [-0.15, -0.1) is 0 Å². The summed E-state index contributed by atoms with van der Waals surface area (Å²) in [5, 5.41) is 0.950. The number of carbonyl (C=O) groups excluding carboxylic acids is 1. The predicted molar refractivity (Wildman–Crippen MR) is 145 cm³/mol. The van der Waals surface area contributed by atoms with Crippen LogP contribution in [-0.4, -0.2) is 14.2 Å². The third kappa shape index (κ3) is 6.85. The number of hydrogen-bond acceptors (Lipinski definition) is 4. The van der Waals surface area contributed by atoms with Crippen molar-refractivity contribution in [1.82, 2.24) is 0 Å². The highest BCUT2D eigenvalue weighted by molar-refractivity contribution is 7.95. The topological polar surface area (TPSA) is 60.4 Å². The van der Waals surface area contributed by atoms with Gasteiger partial charge >= 0.3 is 0 Å². The number of rotatable bonds is 9. The molecule has 0 N–H and O–H groups in total. The molecule has 0 aliphatic carbocycles. The SMILES string of the molecule is O=C(/C(=C/c1ccc(OCc2ccccc2)cc1)S(=O)(=O)Cc1ccc(Cl)cc1)c1ccc(Cl)cc1. The minimum atomic E-state index is -4.00. The highest BCUT2D eigenvalue weighted by atomic mass is 35.5. The molecule has 0 bridgehead atoms. The summed E-state index contributed by atoms with van der Waals surface area (Å²) in [7, 11) is -4.00. The maximum absolute atomic E-state index is 13.4. The number of halogens is 2. The third-order valence-corrected chi connectivity index (χ3v) is 7.55. The molecule has 4 aromatic rings. The molecule has 7 heteroatoms. The quantitative estimate of drug-likeness (QED) is 0.165. The van der Waals surface area contributed by atoms with Gasteiger partial charge < -0.3 is 4.74 Å². The molecular formula is C29H22Cl2O4S. The monoisotopic (exact) mass is 536 g/mol. The van der Waals surface area contributed by atoms with Crippen LogP contribution in [0.5, 0.6) is 5.75 Å². The van der Waals surface area contributed by atoms with Gasteiger partial charge in [-0.25, -0.2) is 8.42 Å². The molecule has 0 spiro atoms. The second-order valence-electron chi connectivity index (χ2n) is 8.07. The lowest BCUT2D eigenvalue weighted by atomic mass is 10.1. The zero-order chi connectivity index (χ0) is 25.5. The summed E-state index contributed by atoms with van der Waals surface area (Å²) in [5.74, 6) is -0.316. The molecule has 4 rings (SSSR count). The number of sulfone groups is 1. The van der Waals surface area contributed by atoms with Gasteiger partial charge in [0.1, 0.15) is 17.3 Å². The molecule has 0 aliphatic rings. The average Bonchev–Trinajstić information content (AvgIpc) is 2.88. The molecule has 0 fully saturated rings. The maximum atomic E-state index is 13.4. The molecular weight excluding hydrogens is 515 g/mol. The van der Waals surface area contributed by atoms with E-state index in [4.69, 9.17) is 27.9 Å². The van der Waals surface area contributed by atoms with E-state index in [1.54, 1.807) is 60.7 Å². The average molecular weight is 537 g/mol. The van der Waals surface area contributed by atoms with Crippen LogP contribution < -0.4 is 4.74 Å². The Morgan fingerprint density at radius 2 is 1.31 bits per heavy atom. The number of ketones is 1. The van der Waals surface area contributed by atoms with Gasteiger partial charge in [-0.2, -0.15) is 0 Å². The van der Waals surface area contributed by atoms with Crippen LogP contribution in [0.25, 0.3) is 6.08 Å². The van der Waals surface area contributed by atoms with Crippen molar-refractivity contribution in [2.45, 2.75) is 12.4 Å². The second-order valence-corrected chi connectivity index (χ2v) is 10.9. The minimum Gasteiger partial charge on any atom is -0.489 e. The summed E-state index contributed by atoms with van der Waals surface area (Å²) in [6, 6.07) is 29.3. The van der Waals surface area contributed by atoms with E-state index in [1.807, 2.05) is 30.3 Å². The van der Waals surface area contributed by atoms with E-state index in [0.717, 1.165) is 5.56 Å². The van der Waals surface area contributed by atoms with Crippen molar-refractivity contribution in [3.05, 3.63) is 140 Å². The van der Waals surface area contributed by atoms with Crippen molar-refractivity contribution in [2.75, 3.05) is 0 Å². The van der Waals surface area contributed by atoms with Crippen molar-refractivity contribution in [1.29, 1.82) is 0 Å². The Labute approximate surface area is 220 Å². The zero-order valence-electron chi connectivity index (χ0n) is 19.1. The highest BCUT2D eigenvalue weighted by Gasteiger charge is 2.26. The first-order valence-electron chi connectivity index (χ1n) is 11.1. The Morgan fingerprint density at radius 1 is 0.722 bits per heavy atom. The third-order valence-electron chi connectivity index (χ3n) is 5.36. The van der Waals surface area contributed by atoms with E-state index < -0.39 is 15.6 Å². The van der Waals surface area contributed by atoms with Crippen molar-refractivity contribution in [3.8, 4) is 5.75 Å². The van der Waals surface area contributed by atoms with Gasteiger partial charge in [-0.05, 0) is 71.3 Å². The molecule has 0 aromatic heterocycles. The summed E-state index contributed by atoms with van der Waals surface area (Å²) in [4.78, 5) is 13.0. The van der Waals surface area contributed by atoms with Crippen LogP contribution in [0, 0.1) is 0 Å². The number of carbonyl (C=O) groups is 1. The molecule has 4 aromatic carbocycles. The van der Waals surface area contributed by atoms with Crippen LogP contribution >= 0.6 is 23.2 Å². The molecule has 4 nitrogen and oxygen atoms in total. The molecule has 0 saturated heterocycles. The van der Waals surface area contributed by atoms with Crippen molar-refractivity contribution in [2.24, 2.45) is 0 Å². The second kappa shape index (κ2) is 11.6. The number of benzene rings is 4. The molecule has 0 aliphatic heterocycles. The highest BCUT2D eigenvalue weighted by Crippen LogP contribution is 2.25. The molecule has 0 saturated carbocycles. The van der Waals surface area contributed by atoms with E-state index in [9.17, 15) is 13.2 Å². The van der Waals surface area contributed by atoms with Crippen molar-refractivity contribution in [3.63, 3.8) is 0 Å². The van der Waals surface area contributed by atoms with Crippen LogP contribution in [0.15, 0.2) is 108 Å². The Kier molecular flexibility index (Phi) is 8.26. The van der Waals surface area contributed by atoms with Crippen LogP contribution in [0.4, 0.5) is 0 Å². The molecule has 182 valence electrons. The first kappa shape index (κ1) is 25.7. The lowest BCUT2D eigenvalue weighted by Gasteiger charge is -2.11.